The van der Waals surface area contributed by atoms with Gasteiger partial charge in [0.1, 0.15) is 0 Å². The van der Waals surface area contributed by atoms with E-state index in [0.717, 1.165) is 6.42 Å². The average Bonchev–Trinajstić information content (AvgIpc) is 3.02. The summed E-state index contributed by atoms with van der Waals surface area (Å²) in [6.07, 6.45) is 0.875. The van der Waals surface area contributed by atoms with Gasteiger partial charge in [0.15, 0.2) is 5.69 Å². The topological polar surface area (TPSA) is 66.1 Å². The molecule has 1 aromatic carbocycles. The highest BCUT2D eigenvalue weighted by Gasteiger charge is 2.25. The van der Waals surface area contributed by atoms with Crippen LogP contribution in [0.15, 0.2) is 40.5 Å². The maximum atomic E-state index is 12.8. The van der Waals surface area contributed by atoms with Crippen LogP contribution in [0.4, 0.5) is 0 Å². The number of nitrogens with one attached hydrogen (secondary N) is 1. The highest BCUT2D eigenvalue weighted by Crippen LogP contribution is 2.25. The maximum Gasteiger partial charge on any atom is 0.275 e. The van der Waals surface area contributed by atoms with Crippen molar-refractivity contribution in [1.82, 2.24) is 15.1 Å². The van der Waals surface area contributed by atoms with Gasteiger partial charge in [-0.1, -0.05) is 18.2 Å². The first kappa shape index (κ1) is 13.2. The highest BCUT2D eigenvalue weighted by molar-refractivity contribution is 7.10. The van der Waals surface area contributed by atoms with Gasteiger partial charge in [0, 0.05) is 23.4 Å². The van der Waals surface area contributed by atoms with Crippen molar-refractivity contribution < 1.29 is 4.79 Å². The number of thiophene rings is 1. The van der Waals surface area contributed by atoms with Crippen molar-refractivity contribution in [3.8, 4) is 0 Å². The zero-order valence-corrected chi connectivity index (χ0v) is 12.5. The molecule has 0 radical (unpaired) electrons. The molecule has 3 heterocycles. The van der Waals surface area contributed by atoms with Gasteiger partial charge in [-0.05, 0) is 29.5 Å². The van der Waals surface area contributed by atoms with Gasteiger partial charge in [0.2, 0.25) is 0 Å². The Kier molecular flexibility index (Phi) is 3.04. The zero-order chi connectivity index (χ0) is 15.1. The molecule has 1 aliphatic rings. The van der Waals surface area contributed by atoms with Gasteiger partial charge < -0.3 is 4.90 Å². The number of aromatic amines is 1. The quantitative estimate of drug-likeness (QED) is 0.749. The minimum absolute atomic E-state index is 0.135. The number of fused-ring (bicyclic) bond motifs is 2. The van der Waals surface area contributed by atoms with Crippen LogP contribution < -0.4 is 5.56 Å². The normalized spacial score (nSPS) is 14.1. The van der Waals surface area contributed by atoms with E-state index >= 15 is 0 Å². The lowest BCUT2D eigenvalue weighted by Gasteiger charge is -2.26. The molecule has 0 saturated carbocycles. The number of aromatic nitrogens is 2. The monoisotopic (exact) mass is 311 g/mol. The third-order valence-corrected chi connectivity index (χ3v) is 5.02. The number of hydrogen-bond acceptors (Lipinski definition) is 4. The van der Waals surface area contributed by atoms with Gasteiger partial charge in [-0.2, -0.15) is 5.10 Å². The first-order valence-electron chi connectivity index (χ1n) is 7.06. The molecule has 1 N–H and O–H groups in total. The molecule has 22 heavy (non-hydrogen) atoms. The van der Waals surface area contributed by atoms with E-state index in [1.54, 1.807) is 34.4 Å². The lowest BCUT2D eigenvalue weighted by atomic mass is 10.1. The summed E-state index contributed by atoms with van der Waals surface area (Å²) >= 11 is 1.74. The fourth-order valence-electron chi connectivity index (χ4n) is 2.85. The molecular weight excluding hydrogens is 298 g/mol. The molecule has 1 amide bonds. The molecule has 1 aliphatic heterocycles. The summed E-state index contributed by atoms with van der Waals surface area (Å²) in [7, 11) is 0. The Morgan fingerprint density at radius 1 is 1.23 bits per heavy atom. The third kappa shape index (κ3) is 2.03. The minimum Gasteiger partial charge on any atom is -0.333 e. The van der Waals surface area contributed by atoms with Crippen LogP contribution in [-0.2, 0) is 13.0 Å². The van der Waals surface area contributed by atoms with E-state index in [0.29, 0.717) is 29.6 Å². The number of nitrogens with zero attached hydrogens (tertiary/aromatic N) is 2. The van der Waals surface area contributed by atoms with Crippen molar-refractivity contribution in [3.05, 3.63) is 62.2 Å². The van der Waals surface area contributed by atoms with Gasteiger partial charge in [-0.25, -0.2) is 5.10 Å². The Hall–Kier alpha value is -2.47. The summed E-state index contributed by atoms with van der Waals surface area (Å²) in [6, 6.07) is 9.14. The molecule has 5 nitrogen and oxygen atoms in total. The molecule has 4 rings (SSSR count). The SMILES string of the molecule is O=C(c1n[nH]c(=O)c2ccccc12)N1CCc2sccc2C1. The largest absolute Gasteiger partial charge is 0.333 e. The summed E-state index contributed by atoms with van der Waals surface area (Å²) in [4.78, 5) is 27.8. The molecule has 0 saturated heterocycles. The van der Waals surface area contributed by atoms with E-state index in [1.807, 2.05) is 6.07 Å². The van der Waals surface area contributed by atoms with Crippen molar-refractivity contribution in [3.63, 3.8) is 0 Å². The number of carbonyl (C=O) groups is 1. The zero-order valence-electron chi connectivity index (χ0n) is 11.7. The fourth-order valence-corrected chi connectivity index (χ4v) is 3.74. The summed E-state index contributed by atoms with van der Waals surface area (Å²) < 4.78 is 0. The Morgan fingerprint density at radius 2 is 2.05 bits per heavy atom. The summed E-state index contributed by atoms with van der Waals surface area (Å²) in [6.45, 7) is 1.29. The lowest BCUT2D eigenvalue weighted by molar-refractivity contribution is 0.0731. The second-order valence-corrected chi connectivity index (χ2v) is 6.29. The molecule has 110 valence electrons. The summed E-state index contributed by atoms with van der Waals surface area (Å²) in [5.74, 6) is -0.135. The lowest BCUT2D eigenvalue weighted by Crippen LogP contribution is -2.36. The molecule has 3 aromatic rings. The van der Waals surface area contributed by atoms with Crippen molar-refractivity contribution in [2.24, 2.45) is 0 Å². The van der Waals surface area contributed by atoms with E-state index < -0.39 is 0 Å². The van der Waals surface area contributed by atoms with Gasteiger partial charge in [-0.15, -0.1) is 11.3 Å². The molecule has 0 spiro atoms. The Labute approximate surface area is 130 Å². The van der Waals surface area contributed by atoms with Gasteiger partial charge in [0.25, 0.3) is 11.5 Å². The first-order chi connectivity index (χ1) is 10.7. The summed E-state index contributed by atoms with van der Waals surface area (Å²) in [5.41, 5.74) is 1.25. The average molecular weight is 311 g/mol. The molecule has 2 aromatic heterocycles. The predicted molar refractivity (Wildman–Crippen MR) is 85.1 cm³/mol. The minimum atomic E-state index is -0.272. The van der Waals surface area contributed by atoms with Gasteiger partial charge in [-0.3, -0.25) is 9.59 Å². The second kappa shape index (κ2) is 5.06. The number of benzene rings is 1. The number of carbonyl (C=O) groups excluding carboxylic acids is 1. The molecular formula is C16H13N3O2S. The molecule has 0 aliphatic carbocycles. The van der Waals surface area contributed by atoms with Crippen LogP contribution in [0.5, 0.6) is 0 Å². The standard InChI is InChI=1S/C16H13N3O2S/c20-15-12-4-2-1-3-11(12)14(17-18-15)16(21)19-7-5-13-10(9-19)6-8-22-13/h1-4,6,8H,5,7,9H2,(H,18,20). The smallest absolute Gasteiger partial charge is 0.275 e. The van der Waals surface area contributed by atoms with Crippen LogP contribution in [-0.4, -0.2) is 27.5 Å². The maximum absolute atomic E-state index is 12.8. The van der Waals surface area contributed by atoms with Gasteiger partial charge in [0.05, 0.1) is 5.39 Å². The third-order valence-electron chi connectivity index (χ3n) is 3.99. The van der Waals surface area contributed by atoms with Crippen molar-refractivity contribution in [1.29, 1.82) is 0 Å². The number of amides is 1. The van der Waals surface area contributed by atoms with Crippen LogP contribution in [0.1, 0.15) is 20.9 Å². The number of H-pyrrole nitrogens is 1. The van der Waals surface area contributed by atoms with Crippen LogP contribution in [0.25, 0.3) is 10.8 Å². The fraction of sp³-hybridized carbons (Fsp3) is 0.188. The van der Waals surface area contributed by atoms with Crippen LogP contribution in [0.2, 0.25) is 0 Å². The molecule has 0 unspecified atom stereocenters. The Bertz CT molecular complexity index is 928. The van der Waals surface area contributed by atoms with Crippen molar-refractivity contribution in [2.75, 3.05) is 6.54 Å². The van der Waals surface area contributed by atoms with Crippen molar-refractivity contribution >= 4 is 28.0 Å². The molecule has 6 heteroatoms. The van der Waals surface area contributed by atoms with E-state index in [1.165, 1.54) is 10.4 Å². The number of rotatable bonds is 1. The molecule has 0 bridgehead atoms. The van der Waals surface area contributed by atoms with Crippen LogP contribution in [0, 0.1) is 0 Å². The number of hydrogen-bond donors (Lipinski definition) is 1. The molecule has 0 atom stereocenters. The summed E-state index contributed by atoms with van der Waals surface area (Å²) in [5, 5.41) is 9.59. The molecule has 0 fully saturated rings. The van der Waals surface area contributed by atoms with E-state index in [-0.39, 0.29) is 11.5 Å². The Morgan fingerprint density at radius 3 is 2.91 bits per heavy atom. The highest BCUT2D eigenvalue weighted by atomic mass is 32.1. The van der Waals surface area contributed by atoms with Crippen LogP contribution in [0.3, 0.4) is 0 Å². The predicted octanol–water partition coefficient (Wildman–Crippen LogP) is 2.18. The van der Waals surface area contributed by atoms with Crippen molar-refractivity contribution in [2.45, 2.75) is 13.0 Å². The Balaban J connectivity index is 1.75. The van der Waals surface area contributed by atoms with E-state index in [9.17, 15) is 9.59 Å². The first-order valence-corrected chi connectivity index (χ1v) is 7.94. The van der Waals surface area contributed by atoms with E-state index in [2.05, 4.69) is 21.6 Å². The second-order valence-electron chi connectivity index (χ2n) is 5.29. The van der Waals surface area contributed by atoms with Gasteiger partial charge >= 0.3 is 0 Å². The van der Waals surface area contributed by atoms with E-state index in [4.69, 9.17) is 0 Å². The van der Waals surface area contributed by atoms with Crippen LogP contribution >= 0.6 is 11.3 Å².